The molecule has 1 N–H and O–H groups in total. The number of fused-ring (bicyclic) bond motifs is 1. The van der Waals surface area contributed by atoms with Crippen LogP contribution < -0.4 is 5.32 Å². The van der Waals surface area contributed by atoms with Crippen molar-refractivity contribution < 1.29 is 4.79 Å². The minimum Gasteiger partial charge on any atom is -0.347 e. The maximum Gasteiger partial charge on any atom is 0.270 e. The average molecular weight is 314 g/mol. The van der Waals surface area contributed by atoms with E-state index in [0.717, 1.165) is 11.3 Å². The molecule has 2 aromatic heterocycles. The van der Waals surface area contributed by atoms with Crippen LogP contribution in [0.4, 0.5) is 0 Å². The molecule has 1 amide bonds. The number of nitrogens with zero attached hydrogens (tertiary/aromatic N) is 2. The second-order valence-corrected chi connectivity index (χ2v) is 5.44. The molecule has 0 bridgehead atoms. The Bertz CT molecular complexity index is 811. The average Bonchev–Trinajstić information content (AvgIpc) is 2.91. The van der Waals surface area contributed by atoms with Crippen molar-refractivity contribution in [2.24, 2.45) is 0 Å². The first-order valence-corrected chi connectivity index (χ1v) is 7.55. The molecule has 3 rings (SSSR count). The third-order valence-electron chi connectivity index (χ3n) is 3.51. The number of hydrogen-bond acceptors (Lipinski definition) is 2. The molecule has 1 aromatic carbocycles. The van der Waals surface area contributed by atoms with E-state index in [0.29, 0.717) is 29.3 Å². The number of carbonyl (C=O) groups is 1. The number of aromatic nitrogens is 2. The van der Waals surface area contributed by atoms with Crippen LogP contribution in [-0.2, 0) is 13.0 Å². The lowest BCUT2D eigenvalue weighted by molar-refractivity contribution is 0.0944. The van der Waals surface area contributed by atoms with Gasteiger partial charge < -0.3 is 5.32 Å². The summed E-state index contributed by atoms with van der Waals surface area (Å²) >= 11 is 5.99. The highest BCUT2D eigenvalue weighted by Crippen LogP contribution is 2.17. The monoisotopic (exact) mass is 313 g/mol. The van der Waals surface area contributed by atoms with Crippen molar-refractivity contribution in [2.45, 2.75) is 19.9 Å². The Morgan fingerprint density at radius 1 is 1.27 bits per heavy atom. The van der Waals surface area contributed by atoms with Crippen molar-refractivity contribution >= 4 is 23.2 Å². The normalized spacial score (nSPS) is 10.8. The number of pyridine rings is 1. The highest BCUT2D eigenvalue weighted by atomic mass is 35.5. The zero-order valence-electron chi connectivity index (χ0n) is 12.2. The van der Waals surface area contributed by atoms with Crippen LogP contribution in [0.2, 0.25) is 5.02 Å². The summed E-state index contributed by atoms with van der Waals surface area (Å²) in [6.07, 6.45) is 2.47. The van der Waals surface area contributed by atoms with E-state index in [1.807, 2.05) is 37.3 Å². The Kier molecular flexibility index (Phi) is 4.11. The lowest BCUT2D eigenvalue weighted by atomic mass is 10.2. The van der Waals surface area contributed by atoms with E-state index in [1.54, 1.807) is 22.7 Å². The van der Waals surface area contributed by atoms with Gasteiger partial charge in [-0.1, -0.05) is 48.9 Å². The van der Waals surface area contributed by atoms with Crippen LogP contribution in [0.15, 0.2) is 48.7 Å². The van der Waals surface area contributed by atoms with E-state index >= 15 is 0 Å². The smallest absolute Gasteiger partial charge is 0.270 e. The van der Waals surface area contributed by atoms with E-state index in [1.165, 1.54) is 0 Å². The van der Waals surface area contributed by atoms with Crippen molar-refractivity contribution in [1.29, 1.82) is 0 Å². The van der Waals surface area contributed by atoms with Crippen LogP contribution in [0.1, 0.15) is 28.7 Å². The molecule has 0 aliphatic rings. The number of halogens is 1. The molecule has 0 saturated carbocycles. The van der Waals surface area contributed by atoms with Gasteiger partial charge >= 0.3 is 0 Å². The zero-order chi connectivity index (χ0) is 15.5. The van der Waals surface area contributed by atoms with Crippen LogP contribution in [0.25, 0.3) is 5.65 Å². The fourth-order valence-corrected chi connectivity index (χ4v) is 2.57. The molecule has 0 aliphatic heterocycles. The Morgan fingerprint density at radius 3 is 2.77 bits per heavy atom. The van der Waals surface area contributed by atoms with Crippen molar-refractivity contribution in [1.82, 2.24) is 14.7 Å². The summed E-state index contributed by atoms with van der Waals surface area (Å²) in [6.45, 7) is 2.47. The van der Waals surface area contributed by atoms with Crippen LogP contribution >= 0.6 is 11.6 Å². The highest BCUT2D eigenvalue weighted by Gasteiger charge is 2.18. The molecule has 0 aliphatic carbocycles. The largest absolute Gasteiger partial charge is 0.347 e. The zero-order valence-corrected chi connectivity index (χ0v) is 13.0. The van der Waals surface area contributed by atoms with E-state index in [-0.39, 0.29) is 5.91 Å². The SMILES string of the molecule is CCc1nc2cc(Cl)ccn2c1C(=O)NCc1ccccc1. The molecule has 4 nitrogen and oxygen atoms in total. The molecule has 2 heterocycles. The third-order valence-corrected chi connectivity index (χ3v) is 3.74. The van der Waals surface area contributed by atoms with Crippen molar-refractivity contribution in [2.75, 3.05) is 0 Å². The number of amides is 1. The molecule has 0 spiro atoms. The fourth-order valence-electron chi connectivity index (χ4n) is 2.42. The Labute approximate surface area is 133 Å². The van der Waals surface area contributed by atoms with Gasteiger partial charge in [0.1, 0.15) is 11.3 Å². The number of nitrogens with one attached hydrogen (secondary N) is 1. The number of aryl methyl sites for hydroxylation is 1. The van der Waals surface area contributed by atoms with E-state index in [4.69, 9.17) is 11.6 Å². The summed E-state index contributed by atoms with van der Waals surface area (Å²) < 4.78 is 1.78. The Morgan fingerprint density at radius 2 is 2.05 bits per heavy atom. The van der Waals surface area contributed by atoms with Crippen LogP contribution in [-0.4, -0.2) is 15.3 Å². The van der Waals surface area contributed by atoms with E-state index in [2.05, 4.69) is 10.3 Å². The number of carbonyl (C=O) groups excluding carboxylic acids is 1. The van der Waals surface area contributed by atoms with Gasteiger partial charge in [0.2, 0.25) is 0 Å². The predicted octanol–water partition coefficient (Wildman–Crippen LogP) is 3.48. The maximum absolute atomic E-state index is 12.6. The number of hydrogen-bond donors (Lipinski definition) is 1. The van der Waals surface area contributed by atoms with Gasteiger partial charge in [-0.2, -0.15) is 0 Å². The van der Waals surface area contributed by atoms with Crippen LogP contribution in [0, 0.1) is 0 Å². The van der Waals surface area contributed by atoms with Gasteiger partial charge in [-0.25, -0.2) is 4.98 Å². The molecule has 0 fully saturated rings. The number of rotatable bonds is 4. The minimum absolute atomic E-state index is 0.129. The molecule has 3 aromatic rings. The summed E-state index contributed by atoms with van der Waals surface area (Å²) in [5, 5.41) is 3.56. The molecule has 0 radical (unpaired) electrons. The molecule has 0 saturated heterocycles. The topological polar surface area (TPSA) is 46.4 Å². The summed E-state index contributed by atoms with van der Waals surface area (Å²) in [4.78, 5) is 17.0. The lowest BCUT2D eigenvalue weighted by Gasteiger charge is -2.07. The van der Waals surface area contributed by atoms with Crippen molar-refractivity contribution in [3.05, 3.63) is 70.6 Å². The van der Waals surface area contributed by atoms with E-state index in [9.17, 15) is 4.79 Å². The summed E-state index contributed by atoms with van der Waals surface area (Å²) in [7, 11) is 0. The predicted molar refractivity (Wildman–Crippen MR) is 87.2 cm³/mol. The highest BCUT2D eigenvalue weighted by molar-refractivity contribution is 6.30. The molecular formula is C17H16ClN3O. The summed E-state index contributed by atoms with van der Waals surface area (Å²) in [5.41, 5.74) is 3.10. The van der Waals surface area contributed by atoms with Gasteiger partial charge in [-0.3, -0.25) is 9.20 Å². The quantitative estimate of drug-likeness (QED) is 0.801. The first-order valence-electron chi connectivity index (χ1n) is 7.17. The molecular weight excluding hydrogens is 298 g/mol. The summed E-state index contributed by atoms with van der Waals surface area (Å²) in [6, 6.07) is 13.3. The molecule has 0 atom stereocenters. The van der Waals surface area contributed by atoms with Gasteiger partial charge in [0.15, 0.2) is 0 Å². The van der Waals surface area contributed by atoms with E-state index < -0.39 is 0 Å². The minimum atomic E-state index is -0.129. The van der Waals surface area contributed by atoms with Crippen LogP contribution in [0.5, 0.6) is 0 Å². The maximum atomic E-state index is 12.6. The standard InChI is InChI=1S/C17H16ClN3O/c1-2-14-16(21-9-8-13(18)10-15(21)20-14)17(22)19-11-12-6-4-3-5-7-12/h3-10H,2,11H2,1H3,(H,19,22). The van der Waals surface area contributed by atoms with Crippen molar-refractivity contribution in [3.63, 3.8) is 0 Å². The lowest BCUT2D eigenvalue weighted by Crippen LogP contribution is -2.25. The van der Waals surface area contributed by atoms with Gasteiger partial charge in [-0.15, -0.1) is 0 Å². The van der Waals surface area contributed by atoms with Gasteiger partial charge in [0.25, 0.3) is 5.91 Å². The summed E-state index contributed by atoms with van der Waals surface area (Å²) in [5.74, 6) is -0.129. The molecule has 112 valence electrons. The Hall–Kier alpha value is -2.33. The molecule has 0 unspecified atom stereocenters. The van der Waals surface area contributed by atoms with Crippen molar-refractivity contribution in [3.8, 4) is 0 Å². The second kappa shape index (κ2) is 6.20. The second-order valence-electron chi connectivity index (χ2n) is 5.00. The molecule has 22 heavy (non-hydrogen) atoms. The van der Waals surface area contributed by atoms with Crippen LogP contribution in [0.3, 0.4) is 0 Å². The molecule has 5 heteroatoms. The number of benzene rings is 1. The van der Waals surface area contributed by atoms with Gasteiger partial charge in [0.05, 0.1) is 5.69 Å². The first kappa shape index (κ1) is 14.6. The fraction of sp³-hybridized carbons (Fsp3) is 0.176. The van der Waals surface area contributed by atoms with Gasteiger partial charge in [0, 0.05) is 23.8 Å². The number of imidazole rings is 1. The first-order chi connectivity index (χ1) is 10.7. The third kappa shape index (κ3) is 2.83. The Balaban J connectivity index is 1.89. The van der Waals surface area contributed by atoms with Gasteiger partial charge in [-0.05, 0) is 18.1 Å².